The summed E-state index contributed by atoms with van der Waals surface area (Å²) < 4.78 is 31.5. The van der Waals surface area contributed by atoms with Gasteiger partial charge >= 0.3 is 0 Å². The number of rotatable bonds is 5. The van der Waals surface area contributed by atoms with Crippen molar-refractivity contribution >= 4 is 27.0 Å². The van der Waals surface area contributed by atoms with Crippen molar-refractivity contribution in [2.24, 2.45) is 0 Å². The molecular formula is C21H21N5O4S. The first-order valence-electron chi connectivity index (χ1n) is 9.32. The second kappa shape index (κ2) is 7.56. The number of H-pyrrole nitrogens is 2. The predicted molar refractivity (Wildman–Crippen MR) is 119 cm³/mol. The normalized spacial score (nSPS) is 11.9. The molecule has 0 spiro atoms. The van der Waals surface area contributed by atoms with Gasteiger partial charge in [0.2, 0.25) is 16.0 Å². The van der Waals surface area contributed by atoms with Gasteiger partial charge in [0.05, 0.1) is 23.1 Å². The maximum absolute atomic E-state index is 12.8. The number of anilines is 1. The molecule has 0 aliphatic carbocycles. The molecule has 0 atom stereocenters. The summed E-state index contributed by atoms with van der Waals surface area (Å²) in [5.41, 5.74) is 8.21. The average molecular weight is 439 g/mol. The van der Waals surface area contributed by atoms with E-state index in [4.69, 9.17) is 10.5 Å². The molecule has 10 heteroatoms. The number of aromatic nitrogens is 3. The van der Waals surface area contributed by atoms with E-state index < -0.39 is 15.6 Å². The number of nitrogens with zero attached hydrogens (tertiary/aromatic N) is 2. The van der Waals surface area contributed by atoms with E-state index in [1.165, 1.54) is 26.2 Å². The van der Waals surface area contributed by atoms with Gasteiger partial charge in [-0.05, 0) is 23.8 Å². The number of hydrogen-bond donors (Lipinski definition) is 3. The van der Waals surface area contributed by atoms with Crippen LogP contribution in [0.2, 0.25) is 0 Å². The van der Waals surface area contributed by atoms with E-state index >= 15 is 0 Å². The molecular weight excluding hydrogens is 418 g/mol. The number of fused-ring (bicyclic) bond motifs is 1. The molecule has 0 saturated carbocycles. The minimum absolute atomic E-state index is 0.00991. The number of nitrogen functional groups attached to an aromatic ring is 1. The zero-order chi connectivity index (χ0) is 22.3. The van der Waals surface area contributed by atoms with E-state index in [9.17, 15) is 13.2 Å². The SMILES string of the molecule is COc1ccccc1-c1c(-c2ccc(S(=O)(=O)N(C)C)cc2)[nH]c2nc(N)[nH]c(=O)c12. The lowest BCUT2D eigenvalue weighted by molar-refractivity contribution is 0.416. The zero-order valence-electron chi connectivity index (χ0n) is 17.1. The highest BCUT2D eigenvalue weighted by atomic mass is 32.2. The predicted octanol–water partition coefficient (Wildman–Crippen LogP) is 2.43. The number of hydrogen-bond acceptors (Lipinski definition) is 6. The van der Waals surface area contributed by atoms with Crippen LogP contribution in [0.3, 0.4) is 0 Å². The van der Waals surface area contributed by atoms with Crippen LogP contribution in [0.4, 0.5) is 5.95 Å². The highest BCUT2D eigenvalue weighted by molar-refractivity contribution is 7.89. The Morgan fingerprint density at radius 2 is 1.71 bits per heavy atom. The lowest BCUT2D eigenvalue weighted by Crippen LogP contribution is -2.22. The van der Waals surface area contributed by atoms with Crippen LogP contribution < -0.4 is 16.0 Å². The summed E-state index contributed by atoms with van der Waals surface area (Å²) in [6.45, 7) is 0. The molecule has 0 amide bonds. The fourth-order valence-electron chi connectivity index (χ4n) is 3.46. The summed E-state index contributed by atoms with van der Waals surface area (Å²) >= 11 is 0. The smallest absolute Gasteiger partial charge is 0.262 e. The van der Waals surface area contributed by atoms with Crippen molar-refractivity contribution < 1.29 is 13.2 Å². The number of para-hydroxylation sites is 1. The maximum Gasteiger partial charge on any atom is 0.262 e. The number of sulfonamides is 1. The number of aromatic amines is 2. The summed E-state index contributed by atoms with van der Waals surface area (Å²) in [6, 6.07) is 13.7. The van der Waals surface area contributed by atoms with E-state index in [1.54, 1.807) is 25.3 Å². The highest BCUT2D eigenvalue weighted by Gasteiger charge is 2.23. The first-order chi connectivity index (χ1) is 14.7. The standard InChI is InChI=1S/C21H21N5O4S/c1-26(2)31(28,29)13-10-8-12(9-11-13)18-16(14-6-4-5-7-15(14)30-3)17-19(23-18)24-21(22)25-20(17)27/h4-11H,1-3H3,(H4,22,23,24,25,27). The van der Waals surface area contributed by atoms with Gasteiger partial charge < -0.3 is 15.5 Å². The van der Waals surface area contributed by atoms with Crippen LogP contribution in [-0.2, 0) is 10.0 Å². The van der Waals surface area contributed by atoms with Gasteiger partial charge in [0.1, 0.15) is 11.4 Å². The number of nitrogens with one attached hydrogen (secondary N) is 2. The molecule has 0 radical (unpaired) electrons. The third-order valence-electron chi connectivity index (χ3n) is 4.98. The average Bonchev–Trinajstić information content (AvgIpc) is 3.13. The van der Waals surface area contributed by atoms with Crippen molar-refractivity contribution in [3.05, 3.63) is 58.9 Å². The number of methoxy groups -OCH3 is 1. The van der Waals surface area contributed by atoms with Gasteiger partial charge in [0, 0.05) is 25.2 Å². The monoisotopic (exact) mass is 439 g/mol. The highest BCUT2D eigenvalue weighted by Crippen LogP contribution is 2.40. The Labute approximate surface area is 178 Å². The molecule has 4 aromatic rings. The van der Waals surface area contributed by atoms with Crippen LogP contribution in [0.1, 0.15) is 0 Å². The van der Waals surface area contributed by atoms with Crippen molar-refractivity contribution in [3.63, 3.8) is 0 Å². The molecule has 0 fully saturated rings. The van der Waals surface area contributed by atoms with Crippen molar-refractivity contribution in [2.75, 3.05) is 26.9 Å². The first kappa shape index (κ1) is 20.6. The van der Waals surface area contributed by atoms with E-state index in [0.29, 0.717) is 39.2 Å². The summed E-state index contributed by atoms with van der Waals surface area (Å²) in [6.07, 6.45) is 0. The summed E-state index contributed by atoms with van der Waals surface area (Å²) in [5, 5.41) is 0.332. The van der Waals surface area contributed by atoms with Crippen molar-refractivity contribution in [2.45, 2.75) is 4.90 Å². The van der Waals surface area contributed by atoms with Gasteiger partial charge in [-0.2, -0.15) is 4.98 Å². The van der Waals surface area contributed by atoms with Gasteiger partial charge in [-0.25, -0.2) is 12.7 Å². The van der Waals surface area contributed by atoms with Crippen LogP contribution in [-0.4, -0.2) is 48.9 Å². The minimum Gasteiger partial charge on any atom is -0.496 e. The molecule has 160 valence electrons. The van der Waals surface area contributed by atoms with Crippen LogP contribution in [0.25, 0.3) is 33.4 Å². The third-order valence-corrected chi connectivity index (χ3v) is 6.81. The van der Waals surface area contributed by atoms with Gasteiger partial charge in [0.25, 0.3) is 5.56 Å². The van der Waals surface area contributed by atoms with Gasteiger partial charge in [-0.15, -0.1) is 0 Å². The van der Waals surface area contributed by atoms with E-state index in [1.807, 2.05) is 18.2 Å². The van der Waals surface area contributed by atoms with Gasteiger partial charge in [0.15, 0.2) is 0 Å². The Morgan fingerprint density at radius 1 is 1.03 bits per heavy atom. The van der Waals surface area contributed by atoms with Crippen LogP contribution >= 0.6 is 0 Å². The summed E-state index contributed by atoms with van der Waals surface area (Å²) in [7, 11) is 0.934. The molecule has 0 unspecified atom stereocenters. The Hall–Kier alpha value is -3.63. The molecule has 4 N–H and O–H groups in total. The molecule has 0 aliphatic heterocycles. The Morgan fingerprint density at radius 3 is 2.35 bits per heavy atom. The zero-order valence-corrected chi connectivity index (χ0v) is 17.9. The van der Waals surface area contributed by atoms with Crippen molar-refractivity contribution in [1.82, 2.24) is 19.3 Å². The molecule has 0 saturated heterocycles. The van der Waals surface area contributed by atoms with Crippen LogP contribution in [0.15, 0.2) is 58.2 Å². The molecule has 31 heavy (non-hydrogen) atoms. The number of ether oxygens (including phenoxy) is 1. The first-order valence-corrected chi connectivity index (χ1v) is 10.8. The molecule has 0 aliphatic rings. The van der Waals surface area contributed by atoms with Crippen molar-refractivity contribution in [1.29, 1.82) is 0 Å². The van der Waals surface area contributed by atoms with Gasteiger partial charge in [-0.3, -0.25) is 9.78 Å². The van der Waals surface area contributed by atoms with Crippen molar-refractivity contribution in [3.8, 4) is 28.1 Å². The molecule has 4 rings (SSSR count). The Bertz CT molecular complexity index is 1440. The number of nitrogens with two attached hydrogens (primary N) is 1. The Balaban J connectivity index is 2.01. The Kier molecular flexibility index (Phi) is 5.03. The van der Waals surface area contributed by atoms with Crippen LogP contribution in [0, 0.1) is 0 Å². The molecule has 9 nitrogen and oxygen atoms in total. The third kappa shape index (κ3) is 3.45. The van der Waals surface area contributed by atoms with Crippen LogP contribution in [0.5, 0.6) is 5.75 Å². The summed E-state index contributed by atoms with van der Waals surface area (Å²) in [4.78, 5) is 22.9. The second-order valence-electron chi connectivity index (χ2n) is 7.06. The lowest BCUT2D eigenvalue weighted by atomic mass is 9.98. The molecule has 2 aromatic heterocycles. The molecule has 2 heterocycles. The van der Waals surface area contributed by atoms with E-state index in [-0.39, 0.29) is 10.8 Å². The lowest BCUT2D eigenvalue weighted by Gasteiger charge is -2.12. The van der Waals surface area contributed by atoms with Gasteiger partial charge in [-0.1, -0.05) is 30.3 Å². The largest absolute Gasteiger partial charge is 0.496 e. The quantitative estimate of drug-likeness (QED) is 0.437. The summed E-state index contributed by atoms with van der Waals surface area (Å²) in [5.74, 6) is 0.567. The second-order valence-corrected chi connectivity index (χ2v) is 9.21. The topological polar surface area (TPSA) is 134 Å². The van der Waals surface area contributed by atoms with E-state index in [2.05, 4.69) is 15.0 Å². The van der Waals surface area contributed by atoms with E-state index in [0.717, 1.165) is 4.31 Å². The minimum atomic E-state index is -3.57. The number of benzene rings is 2. The maximum atomic E-state index is 12.8. The fourth-order valence-corrected chi connectivity index (χ4v) is 4.36. The molecule has 2 aromatic carbocycles. The fraction of sp³-hybridized carbons (Fsp3) is 0.143. The molecule has 0 bridgehead atoms.